The van der Waals surface area contributed by atoms with Gasteiger partial charge in [0.2, 0.25) is 0 Å². The van der Waals surface area contributed by atoms with Crippen molar-refractivity contribution in [1.82, 2.24) is 4.98 Å². The lowest BCUT2D eigenvalue weighted by Gasteiger charge is -2.21. The van der Waals surface area contributed by atoms with E-state index in [4.69, 9.17) is 9.47 Å². The van der Waals surface area contributed by atoms with E-state index in [0.29, 0.717) is 33.7 Å². The van der Waals surface area contributed by atoms with Crippen LogP contribution in [-0.4, -0.2) is 38.6 Å². The number of hydrogen-bond acceptors (Lipinski definition) is 7. The standard InChI is InChI=1S/C25H27N3O3S/c1-16(2)14-28(3)19-9-6-17(7-10-19)24(29)20(13-26)25-27-21(15-32-25)18-8-11-22(30-4)23(12-18)31-5/h6-12,15-16,20H,14H2,1-5H3. The Morgan fingerprint density at radius 1 is 1.12 bits per heavy atom. The highest BCUT2D eigenvalue weighted by Crippen LogP contribution is 2.34. The Labute approximate surface area is 193 Å². The molecule has 0 aliphatic carbocycles. The van der Waals surface area contributed by atoms with E-state index in [-0.39, 0.29) is 5.78 Å². The third-order valence-corrected chi connectivity index (χ3v) is 5.98. The Balaban J connectivity index is 1.81. The molecule has 0 spiro atoms. The lowest BCUT2D eigenvalue weighted by molar-refractivity contribution is 0.0979. The van der Waals surface area contributed by atoms with E-state index in [1.807, 2.05) is 36.7 Å². The third kappa shape index (κ3) is 5.09. The number of thiazole rings is 1. The molecule has 0 bridgehead atoms. The van der Waals surface area contributed by atoms with Crippen LogP contribution in [0.1, 0.15) is 35.1 Å². The van der Waals surface area contributed by atoms with E-state index < -0.39 is 5.92 Å². The van der Waals surface area contributed by atoms with Gasteiger partial charge in [-0.15, -0.1) is 11.3 Å². The number of rotatable bonds is 9. The molecule has 0 radical (unpaired) electrons. The first kappa shape index (κ1) is 23.3. The van der Waals surface area contributed by atoms with Gasteiger partial charge in [0.25, 0.3) is 0 Å². The Morgan fingerprint density at radius 2 is 1.81 bits per heavy atom. The second kappa shape index (κ2) is 10.3. The molecule has 0 aliphatic heterocycles. The summed E-state index contributed by atoms with van der Waals surface area (Å²) in [6, 6.07) is 15.0. The maximum Gasteiger partial charge on any atom is 0.186 e. The van der Waals surface area contributed by atoms with Gasteiger partial charge in [-0.1, -0.05) is 13.8 Å². The van der Waals surface area contributed by atoms with E-state index in [2.05, 4.69) is 29.8 Å². The number of benzene rings is 2. The quantitative estimate of drug-likeness (QED) is 0.407. The number of Topliss-reactive ketones (excluding diaryl/α,β-unsaturated/α-hetero) is 1. The summed E-state index contributed by atoms with van der Waals surface area (Å²) in [7, 11) is 5.18. The zero-order valence-electron chi connectivity index (χ0n) is 19.0. The molecule has 1 aromatic heterocycles. The number of ketones is 1. The van der Waals surface area contributed by atoms with Crippen molar-refractivity contribution in [3.63, 3.8) is 0 Å². The first-order valence-corrected chi connectivity index (χ1v) is 11.2. The van der Waals surface area contributed by atoms with Gasteiger partial charge in [0.15, 0.2) is 23.2 Å². The lowest BCUT2D eigenvalue weighted by Crippen LogP contribution is -2.22. The molecule has 0 fully saturated rings. The smallest absolute Gasteiger partial charge is 0.186 e. The summed E-state index contributed by atoms with van der Waals surface area (Å²) < 4.78 is 10.6. The van der Waals surface area contributed by atoms with Crippen LogP contribution in [0.5, 0.6) is 11.5 Å². The highest BCUT2D eigenvalue weighted by molar-refractivity contribution is 7.10. The van der Waals surface area contributed by atoms with E-state index in [9.17, 15) is 10.1 Å². The monoisotopic (exact) mass is 449 g/mol. The first-order chi connectivity index (χ1) is 15.4. The van der Waals surface area contributed by atoms with Crippen molar-refractivity contribution in [2.75, 3.05) is 32.7 Å². The van der Waals surface area contributed by atoms with Crippen molar-refractivity contribution in [2.24, 2.45) is 5.92 Å². The molecule has 0 amide bonds. The van der Waals surface area contributed by atoms with Gasteiger partial charge >= 0.3 is 0 Å². The van der Waals surface area contributed by atoms with E-state index >= 15 is 0 Å². The van der Waals surface area contributed by atoms with Crippen LogP contribution in [0.3, 0.4) is 0 Å². The fourth-order valence-corrected chi connectivity index (χ4v) is 4.34. The van der Waals surface area contributed by atoms with Gasteiger partial charge in [-0.2, -0.15) is 5.26 Å². The summed E-state index contributed by atoms with van der Waals surface area (Å²) >= 11 is 1.30. The second-order valence-electron chi connectivity index (χ2n) is 7.89. The molecule has 0 aliphatic rings. The highest BCUT2D eigenvalue weighted by Gasteiger charge is 2.25. The van der Waals surface area contributed by atoms with Gasteiger partial charge in [0.05, 0.1) is 26.0 Å². The molecule has 166 valence electrons. The Bertz CT molecular complexity index is 1120. The zero-order chi connectivity index (χ0) is 23.3. The van der Waals surface area contributed by atoms with Gasteiger partial charge < -0.3 is 14.4 Å². The fourth-order valence-electron chi connectivity index (χ4n) is 3.47. The van der Waals surface area contributed by atoms with Gasteiger partial charge in [-0.05, 0) is 48.4 Å². The summed E-state index contributed by atoms with van der Waals surface area (Å²) in [5.41, 5.74) is 3.05. The van der Waals surface area contributed by atoms with Crippen LogP contribution in [0.4, 0.5) is 5.69 Å². The van der Waals surface area contributed by atoms with Crippen molar-refractivity contribution >= 4 is 22.8 Å². The highest BCUT2D eigenvalue weighted by atomic mass is 32.1. The molecule has 1 unspecified atom stereocenters. The Hall–Kier alpha value is -3.37. The van der Waals surface area contributed by atoms with Crippen molar-refractivity contribution in [3.8, 4) is 28.8 Å². The van der Waals surface area contributed by atoms with Crippen LogP contribution >= 0.6 is 11.3 Å². The first-order valence-electron chi connectivity index (χ1n) is 10.3. The predicted octanol–water partition coefficient (Wildman–Crippen LogP) is 5.41. The molecule has 32 heavy (non-hydrogen) atoms. The number of ether oxygens (including phenoxy) is 2. The van der Waals surface area contributed by atoms with Crippen LogP contribution in [0.25, 0.3) is 11.3 Å². The number of anilines is 1. The molecule has 1 heterocycles. The van der Waals surface area contributed by atoms with Crippen molar-refractivity contribution in [3.05, 3.63) is 58.4 Å². The molecule has 3 aromatic rings. The van der Waals surface area contributed by atoms with Gasteiger partial charge in [0.1, 0.15) is 5.01 Å². The second-order valence-corrected chi connectivity index (χ2v) is 8.78. The minimum absolute atomic E-state index is 0.251. The molecule has 6 nitrogen and oxygen atoms in total. The molecule has 3 rings (SSSR count). The number of nitrogens with zero attached hydrogens (tertiary/aromatic N) is 3. The topological polar surface area (TPSA) is 75.5 Å². The van der Waals surface area contributed by atoms with Crippen molar-refractivity contribution in [2.45, 2.75) is 19.8 Å². The molecular weight excluding hydrogens is 422 g/mol. The molecular formula is C25H27N3O3S. The van der Waals surface area contributed by atoms with Crippen LogP contribution in [0.15, 0.2) is 47.8 Å². The normalized spacial score (nSPS) is 11.7. The van der Waals surface area contributed by atoms with Crippen LogP contribution in [0, 0.1) is 17.2 Å². The largest absolute Gasteiger partial charge is 0.493 e. The maximum absolute atomic E-state index is 13.1. The summed E-state index contributed by atoms with van der Waals surface area (Å²) in [4.78, 5) is 19.8. The minimum Gasteiger partial charge on any atom is -0.493 e. The summed E-state index contributed by atoms with van der Waals surface area (Å²) in [5, 5.41) is 12.1. The number of carbonyl (C=O) groups is 1. The Kier molecular flexibility index (Phi) is 7.49. The predicted molar refractivity (Wildman–Crippen MR) is 128 cm³/mol. The molecule has 0 saturated heterocycles. The van der Waals surface area contributed by atoms with Crippen molar-refractivity contribution < 1.29 is 14.3 Å². The van der Waals surface area contributed by atoms with Crippen LogP contribution in [-0.2, 0) is 0 Å². The van der Waals surface area contributed by atoms with Crippen molar-refractivity contribution in [1.29, 1.82) is 5.26 Å². The molecule has 2 aromatic carbocycles. The van der Waals surface area contributed by atoms with E-state index in [1.54, 1.807) is 32.4 Å². The zero-order valence-corrected chi connectivity index (χ0v) is 19.8. The third-order valence-electron chi connectivity index (χ3n) is 5.07. The summed E-state index contributed by atoms with van der Waals surface area (Å²) in [6.07, 6.45) is 0. The van der Waals surface area contributed by atoms with E-state index in [0.717, 1.165) is 17.8 Å². The SMILES string of the molecule is COc1ccc(-c2csc(C(C#N)C(=O)c3ccc(N(C)CC(C)C)cc3)n2)cc1OC. The average Bonchev–Trinajstić information content (AvgIpc) is 3.28. The number of nitriles is 1. The molecule has 1 atom stereocenters. The fraction of sp³-hybridized carbons (Fsp3) is 0.320. The number of carbonyl (C=O) groups excluding carboxylic acids is 1. The van der Waals surface area contributed by atoms with Crippen LogP contribution < -0.4 is 14.4 Å². The van der Waals surface area contributed by atoms with E-state index in [1.165, 1.54) is 11.3 Å². The van der Waals surface area contributed by atoms with Gasteiger partial charge in [0, 0.05) is 35.8 Å². The number of methoxy groups -OCH3 is 2. The average molecular weight is 450 g/mol. The number of aromatic nitrogens is 1. The Morgan fingerprint density at radius 3 is 2.41 bits per heavy atom. The molecule has 0 N–H and O–H groups in total. The lowest BCUT2D eigenvalue weighted by atomic mass is 9.99. The number of hydrogen-bond donors (Lipinski definition) is 0. The van der Waals surface area contributed by atoms with Gasteiger partial charge in [-0.3, -0.25) is 4.79 Å². The summed E-state index contributed by atoms with van der Waals surface area (Å²) in [6.45, 7) is 5.25. The maximum atomic E-state index is 13.1. The molecule has 0 saturated carbocycles. The molecule has 7 heteroatoms. The summed E-state index contributed by atoms with van der Waals surface area (Å²) in [5.74, 6) is 0.551. The van der Waals surface area contributed by atoms with Gasteiger partial charge in [-0.25, -0.2) is 4.98 Å². The van der Waals surface area contributed by atoms with Crippen LogP contribution in [0.2, 0.25) is 0 Å². The minimum atomic E-state index is -0.951.